The SMILES string of the molecule is CC1CCCN(c2ccccc2C(=N)N)C1. The van der Waals surface area contributed by atoms with Crippen LogP contribution in [0.15, 0.2) is 24.3 Å². The summed E-state index contributed by atoms with van der Waals surface area (Å²) in [6, 6.07) is 7.94. The monoisotopic (exact) mass is 217 g/mol. The predicted octanol–water partition coefficient (Wildman–Crippen LogP) is 2.21. The minimum absolute atomic E-state index is 0.161. The van der Waals surface area contributed by atoms with Crippen molar-refractivity contribution in [1.29, 1.82) is 5.41 Å². The van der Waals surface area contributed by atoms with E-state index in [0.29, 0.717) is 0 Å². The number of para-hydroxylation sites is 1. The van der Waals surface area contributed by atoms with Crippen LogP contribution in [0.5, 0.6) is 0 Å². The Kier molecular flexibility index (Phi) is 3.13. The van der Waals surface area contributed by atoms with E-state index in [1.165, 1.54) is 12.8 Å². The molecule has 0 radical (unpaired) electrons. The lowest BCUT2D eigenvalue weighted by atomic mass is 9.98. The number of hydrogen-bond donors (Lipinski definition) is 2. The second kappa shape index (κ2) is 4.56. The van der Waals surface area contributed by atoms with Gasteiger partial charge in [-0.05, 0) is 30.9 Å². The van der Waals surface area contributed by atoms with E-state index >= 15 is 0 Å². The lowest BCUT2D eigenvalue weighted by Gasteiger charge is -2.34. The molecule has 1 aliphatic heterocycles. The minimum Gasteiger partial charge on any atom is -0.384 e. The maximum Gasteiger partial charge on any atom is 0.124 e. The molecule has 0 spiro atoms. The molecule has 1 atom stereocenters. The molecule has 0 bridgehead atoms. The lowest BCUT2D eigenvalue weighted by Crippen LogP contribution is -2.35. The molecule has 2 rings (SSSR count). The Balaban J connectivity index is 2.28. The van der Waals surface area contributed by atoms with Gasteiger partial charge >= 0.3 is 0 Å². The molecular formula is C13H19N3. The van der Waals surface area contributed by atoms with Crippen LogP contribution in [0.2, 0.25) is 0 Å². The van der Waals surface area contributed by atoms with Crippen LogP contribution in [0.1, 0.15) is 25.3 Å². The average Bonchev–Trinajstić information content (AvgIpc) is 2.29. The van der Waals surface area contributed by atoms with Crippen molar-refractivity contribution in [3.05, 3.63) is 29.8 Å². The fourth-order valence-corrected chi connectivity index (χ4v) is 2.39. The topological polar surface area (TPSA) is 53.1 Å². The van der Waals surface area contributed by atoms with Crippen LogP contribution in [0.25, 0.3) is 0 Å². The highest BCUT2D eigenvalue weighted by molar-refractivity contribution is 6.00. The molecule has 1 aromatic carbocycles. The van der Waals surface area contributed by atoms with Crippen molar-refractivity contribution in [1.82, 2.24) is 0 Å². The Bertz CT molecular complexity index is 387. The quantitative estimate of drug-likeness (QED) is 0.589. The number of nitrogen functional groups attached to an aromatic ring is 1. The highest BCUT2D eigenvalue weighted by atomic mass is 15.1. The molecule has 1 fully saturated rings. The summed E-state index contributed by atoms with van der Waals surface area (Å²) in [4.78, 5) is 2.35. The highest BCUT2D eigenvalue weighted by Gasteiger charge is 2.19. The van der Waals surface area contributed by atoms with Gasteiger partial charge in [-0.2, -0.15) is 0 Å². The Morgan fingerprint density at radius 2 is 2.19 bits per heavy atom. The van der Waals surface area contributed by atoms with Crippen molar-refractivity contribution in [3.8, 4) is 0 Å². The van der Waals surface area contributed by atoms with E-state index in [4.69, 9.17) is 11.1 Å². The van der Waals surface area contributed by atoms with Crippen LogP contribution >= 0.6 is 0 Å². The summed E-state index contributed by atoms with van der Waals surface area (Å²) in [5.74, 6) is 0.891. The van der Waals surface area contributed by atoms with Gasteiger partial charge in [0.25, 0.3) is 0 Å². The molecule has 1 unspecified atom stereocenters. The van der Waals surface area contributed by atoms with Crippen LogP contribution in [0.4, 0.5) is 5.69 Å². The summed E-state index contributed by atoms with van der Waals surface area (Å²) in [5.41, 5.74) is 7.58. The Morgan fingerprint density at radius 1 is 1.44 bits per heavy atom. The summed E-state index contributed by atoms with van der Waals surface area (Å²) < 4.78 is 0. The molecule has 1 aliphatic rings. The van der Waals surface area contributed by atoms with Crippen molar-refractivity contribution in [2.45, 2.75) is 19.8 Å². The van der Waals surface area contributed by atoms with Gasteiger partial charge in [-0.1, -0.05) is 19.1 Å². The van der Waals surface area contributed by atoms with Crippen LogP contribution in [0.3, 0.4) is 0 Å². The highest BCUT2D eigenvalue weighted by Crippen LogP contribution is 2.25. The smallest absolute Gasteiger partial charge is 0.124 e. The van der Waals surface area contributed by atoms with Gasteiger partial charge in [0.05, 0.1) is 0 Å². The maximum atomic E-state index is 7.60. The molecule has 1 heterocycles. The van der Waals surface area contributed by atoms with E-state index < -0.39 is 0 Å². The Hall–Kier alpha value is -1.51. The number of piperidine rings is 1. The largest absolute Gasteiger partial charge is 0.384 e. The number of benzene rings is 1. The molecule has 3 N–H and O–H groups in total. The van der Waals surface area contributed by atoms with E-state index in [1.54, 1.807) is 0 Å². The van der Waals surface area contributed by atoms with Crippen molar-refractivity contribution in [2.75, 3.05) is 18.0 Å². The van der Waals surface area contributed by atoms with E-state index in [9.17, 15) is 0 Å². The van der Waals surface area contributed by atoms with Gasteiger partial charge in [0.2, 0.25) is 0 Å². The molecule has 86 valence electrons. The second-order valence-corrected chi connectivity index (χ2v) is 4.62. The van der Waals surface area contributed by atoms with E-state index in [0.717, 1.165) is 30.3 Å². The summed E-state index contributed by atoms with van der Waals surface area (Å²) >= 11 is 0. The van der Waals surface area contributed by atoms with Gasteiger partial charge in [-0.15, -0.1) is 0 Å². The summed E-state index contributed by atoms with van der Waals surface area (Å²) in [7, 11) is 0. The van der Waals surface area contributed by atoms with Crippen molar-refractivity contribution in [2.24, 2.45) is 11.7 Å². The molecule has 0 amide bonds. The van der Waals surface area contributed by atoms with Crippen molar-refractivity contribution < 1.29 is 0 Å². The summed E-state index contributed by atoms with van der Waals surface area (Å²) in [6.45, 7) is 4.43. The number of nitrogens with two attached hydrogens (primary N) is 1. The zero-order valence-corrected chi connectivity index (χ0v) is 9.74. The van der Waals surface area contributed by atoms with Gasteiger partial charge in [0, 0.05) is 24.3 Å². The Labute approximate surface area is 96.8 Å². The third-order valence-electron chi connectivity index (χ3n) is 3.19. The summed E-state index contributed by atoms with van der Waals surface area (Å²) in [5, 5.41) is 7.60. The van der Waals surface area contributed by atoms with E-state index in [1.807, 2.05) is 18.2 Å². The zero-order chi connectivity index (χ0) is 11.5. The third-order valence-corrected chi connectivity index (χ3v) is 3.19. The van der Waals surface area contributed by atoms with Gasteiger partial charge in [-0.25, -0.2) is 0 Å². The molecule has 16 heavy (non-hydrogen) atoms. The summed E-state index contributed by atoms with van der Waals surface area (Å²) in [6.07, 6.45) is 2.53. The number of hydrogen-bond acceptors (Lipinski definition) is 2. The lowest BCUT2D eigenvalue weighted by molar-refractivity contribution is 0.447. The first kappa shape index (κ1) is 11.0. The number of amidine groups is 1. The number of rotatable bonds is 2. The van der Waals surface area contributed by atoms with Crippen LogP contribution < -0.4 is 10.6 Å². The zero-order valence-electron chi connectivity index (χ0n) is 9.74. The Morgan fingerprint density at radius 3 is 2.88 bits per heavy atom. The first-order valence-electron chi connectivity index (χ1n) is 5.87. The molecule has 3 heteroatoms. The molecule has 0 aliphatic carbocycles. The van der Waals surface area contributed by atoms with Crippen LogP contribution in [-0.2, 0) is 0 Å². The standard InChI is InChI=1S/C13H19N3/c1-10-5-4-8-16(9-10)12-7-3-2-6-11(12)13(14)15/h2-3,6-7,10H,4-5,8-9H2,1H3,(H3,14,15). The average molecular weight is 217 g/mol. The number of nitrogens with one attached hydrogen (secondary N) is 1. The van der Waals surface area contributed by atoms with Gasteiger partial charge in [0.1, 0.15) is 5.84 Å². The fraction of sp³-hybridized carbons (Fsp3) is 0.462. The van der Waals surface area contributed by atoms with Crippen LogP contribution in [-0.4, -0.2) is 18.9 Å². The van der Waals surface area contributed by atoms with Gasteiger partial charge in [-0.3, -0.25) is 5.41 Å². The van der Waals surface area contributed by atoms with Crippen molar-refractivity contribution >= 4 is 11.5 Å². The number of anilines is 1. The molecule has 0 saturated carbocycles. The van der Waals surface area contributed by atoms with Gasteiger partial charge < -0.3 is 10.6 Å². The molecule has 0 aromatic heterocycles. The fourth-order valence-electron chi connectivity index (χ4n) is 2.39. The first-order chi connectivity index (χ1) is 7.68. The minimum atomic E-state index is 0.161. The first-order valence-corrected chi connectivity index (χ1v) is 5.87. The predicted molar refractivity (Wildman–Crippen MR) is 68.1 cm³/mol. The molecule has 1 saturated heterocycles. The van der Waals surface area contributed by atoms with Crippen LogP contribution in [0, 0.1) is 11.3 Å². The normalized spacial score (nSPS) is 20.8. The molecule has 3 nitrogen and oxygen atoms in total. The second-order valence-electron chi connectivity index (χ2n) is 4.62. The number of nitrogens with zero attached hydrogens (tertiary/aromatic N) is 1. The third kappa shape index (κ3) is 2.18. The molecule has 1 aromatic rings. The van der Waals surface area contributed by atoms with Gasteiger partial charge in [0.15, 0.2) is 0 Å². The van der Waals surface area contributed by atoms with E-state index in [-0.39, 0.29) is 5.84 Å². The van der Waals surface area contributed by atoms with E-state index in [2.05, 4.69) is 17.9 Å². The molecular weight excluding hydrogens is 198 g/mol. The van der Waals surface area contributed by atoms with Crippen molar-refractivity contribution in [3.63, 3.8) is 0 Å². The maximum absolute atomic E-state index is 7.60.